The monoisotopic (exact) mass is 301 g/mol. The number of hydrogen-bond acceptors (Lipinski definition) is 1. The molecule has 0 aliphatic carbocycles. The summed E-state index contributed by atoms with van der Waals surface area (Å²) >= 11 is 0. The number of carbonyl (C=O) groups is 1. The van der Waals surface area contributed by atoms with E-state index in [0.717, 1.165) is 11.1 Å². The number of primary amides is 1. The van der Waals surface area contributed by atoms with Crippen LogP contribution >= 0.6 is 0 Å². The van der Waals surface area contributed by atoms with Crippen LogP contribution in [0.2, 0.25) is 0 Å². The zero-order chi connectivity index (χ0) is 17.2. The van der Waals surface area contributed by atoms with E-state index in [9.17, 15) is 4.79 Å². The number of hydrogen-bond donors (Lipinski definition) is 1. The first-order valence-corrected chi connectivity index (χ1v) is 7.90. The van der Waals surface area contributed by atoms with Crippen molar-refractivity contribution in [2.24, 2.45) is 11.1 Å². The van der Waals surface area contributed by atoms with Crippen LogP contribution in [-0.2, 0) is 4.79 Å². The molecule has 122 valence electrons. The molecular weight excluding hydrogens is 270 g/mol. The molecule has 0 aliphatic rings. The predicted octanol–water partition coefficient (Wildman–Crippen LogP) is 5.25. The highest BCUT2D eigenvalue weighted by atomic mass is 16.1. The van der Waals surface area contributed by atoms with Gasteiger partial charge in [0.25, 0.3) is 0 Å². The van der Waals surface area contributed by atoms with Crippen LogP contribution in [-0.4, -0.2) is 5.91 Å². The van der Waals surface area contributed by atoms with Crippen molar-refractivity contribution in [2.75, 3.05) is 0 Å². The van der Waals surface area contributed by atoms with Crippen LogP contribution in [0.1, 0.15) is 54.4 Å². The molecule has 1 amide bonds. The fourth-order valence-corrected chi connectivity index (χ4v) is 2.38. The highest BCUT2D eigenvalue weighted by Gasteiger charge is 2.19. The van der Waals surface area contributed by atoms with Gasteiger partial charge in [-0.05, 0) is 43.8 Å². The first kappa shape index (κ1) is 20.2. The van der Waals surface area contributed by atoms with Crippen molar-refractivity contribution in [1.29, 1.82) is 0 Å². The molecule has 0 bridgehead atoms. The third kappa shape index (κ3) is 8.46. The fourth-order valence-electron chi connectivity index (χ4n) is 2.38. The highest BCUT2D eigenvalue weighted by molar-refractivity contribution is 5.86. The van der Waals surface area contributed by atoms with Crippen LogP contribution < -0.4 is 5.73 Å². The van der Waals surface area contributed by atoms with Crippen LogP contribution in [0.25, 0.3) is 0 Å². The molecule has 0 fully saturated rings. The van der Waals surface area contributed by atoms with E-state index in [1.165, 1.54) is 24.5 Å². The van der Waals surface area contributed by atoms with Gasteiger partial charge >= 0.3 is 0 Å². The van der Waals surface area contributed by atoms with E-state index in [0.29, 0.717) is 0 Å². The molecule has 2 N–H and O–H groups in total. The van der Waals surface area contributed by atoms with Gasteiger partial charge in [-0.15, -0.1) is 0 Å². The predicted molar refractivity (Wildman–Crippen MR) is 97.4 cm³/mol. The van der Waals surface area contributed by atoms with Gasteiger partial charge in [0.05, 0.1) is 0 Å². The molecule has 0 saturated heterocycles. The molecule has 0 rings (SSSR count). The molecule has 2 nitrogen and oxygen atoms in total. The largest absolute Gasteiger partial charge is 0.366 e. The molecule has 0 spiro atoms. The minimum absolute atomic E-state index is 0.205. The lowest BCUT2D eigenvalue weighted by Crippen LogP contribution is -2.12. The third-order valence-electron chi connectivity index (χ3n) is 3.58. The topological polar surface area (TPSA) is 43.1 Å². The molecule has 0 atom stereocenters. The molecule has 0 aliphatic heterocycles. The molecule has 0 saturated carbocycles. The smallest absolute Gasteiger partial charge is 0.241 e. The molecule has 0 aromatic rings. The van der Waals surface area contributed by atoms with E-state index < -0.39 is 5.91 Å². The van der Waals surface area contributed by atoms with Crippen LogP contribution in [0.3, 0.4) is 0 Å². The molecule has 0 radical (unpaired) electrons. The zero-order valence-corrected chi connectivity index (χ0v) is 14.9. The Kier molecular flexibility index (Phi) is 9.16. The van der Waals surface area contributed by atoms with Crippen molar-refractivity contribution in [3.63, 3.8) is 0 Å². The summed E-state index contributed by atoms with van der Waals surface area (Å²) in [6.45, 7) is 12.8. The van der Waals surface area contributed by atoms with Gasteiger partial charge in [-0.25, -0.2) is 0 Å². The van der Waals surface area contributed by atoms with Crippen molar-refractivity contribution >= 4 is 5.91 Å². The van der Waals surface area contributed by atoms with Crippen molar-refractivity contribution in [3.8, 4) is 0 Å². The minimum Gasteiger partial charge on any atom is -0.366 e. The molecule has 0 aromatic carbocycles. The maximum absolute atomic E-state index is 10.7. The van der Waals surface area contributed by atoms with Gasteiger partial charge in [0.15, 0.2) is 0 Å². The number of carbonyl (C=O) groups excluding carboxylic acids is 1. The quantitative estimate of drug-likeness (QED) is 0.483. The van der Waals surface area contributed by atoms with Gasteiger partial charge in [-0.2, -0.15) is 0 Å². The van der Waals surface area contributed by atoms with Crippen LogP contribution in [0.5, 0.6) is 0 Å². The van der Waals surface area contributed by atoms with Gasteiger partial charge in [0.2, 0.25) is 5.91 Å². The zero-order valence-electron chi connectivity index (χ0n) is 14.9. The Labute approximate surface area is 136 Å². The Bertz CT molecular complexity index is 514. The summed E-state index contributed by atoms with van der Waals surface area (Å²) in [5.74, 6) is -0.418. The Hall–Kier alpha value is -1.83. The maximum Gasteiger partial charge on any atom is 0.241 e. The van der Waals surface area contributed by atoms with Crippen LogP contribution in [0, 0.1) is 5.41 Å². The van der Waals surface area contributed by atoms with Crippen molar-refractivity contribution < 1.29 is 4.79 Å². The van der Waals surface area contributed by atoms with Gasteiger partial charge in [0, 0.05) is 6.08 Å². The summed E-state index contributed by atoms with van der Waals surface area (Å²) in [6.07, 6.45) is 16.1. The van der Waals surface area contributed by atoms with E-state index in [1.807, 2.05) is 25.2 Å². The summed E-state index contributed by atoms with van der Waals surface area (Å²) in [7, 11) is 0. The van der Waals surface area contributed by atoms with Gasteiger partial charge in [-0.1, -0.05) is 69.2 Å². The molecule has 0 heterocycles. The minimum atomic E-state index is -0.418. The molecule has 2 heteroatoms. The Morgan fingerprint density at radius 2 is 1.73 bits per heavy atom. The Morgan fingerprint density at radius 3 is 2.23 bits per heavy atom. The van der Waals surface area contributed by atoms with E-state index >= 15 is 0 Å². The second-order valence-corrected chi connectivity index (χ2v) is 6.27. The summed E-state index contributed by atoms with van der Waals surface area (Å²) in [4.78, 5) is 10.7. The molecular formula is C20H31NO. The number of allylic oxidation sites excluding steroid dienone is 9. The van der Waals surface area contributed by atoms with Gasteiger partial charge < -0.3 is 5.73 Å². The Morgan fingerprint density at radius 1 is 1.09 bits per heavy atom. The number of amides is 1. The van der Waals surface area contributed by atoms with E-state index in [1.54, 1.807) is 0 Å². The van der Waals surface area contributed by atoms with E-state index in [4.69, 9.17) is 5.73 Å². The first-order valence-electron chi connectivity index (χ1n) is 7.90. The standard InChI is InChI=1S/C20H31NO/c1-7-14-20(5,6)18(8-2)13-12-16(3)10-9-11-17(4)15-19(21)22/h8-13,15H,7,14H2,1-6H3,(H2,21,22)/b11-9+,13-12+,16-10+,17-15+,18-8+. The number of nitrogens with two attached hydrogens (primary N) is 1. The summed E-state index contributed by atoms with van der Waals surface area (Å²) < 4.78 is 0. The number of rotatable bonds is 8. The molecule has 22 heavy (non-hydrogen) atoms. The summed E-state index contributed by atoms with van der Waals surface area (Å²) in [5, 5.41) is 0. The second kappa shape index (κ2) is 9.99. The second-order valence-electron chi connectivity index (χ2n) is 6.27. The lowest BCUT2D eigenvalue weighted by Gasteiger charge is -2.25. The lowest BCUT2D eigenvalue weighted by molar-refractivity contribution is -0.113. The van der Waals surface area contributed by atoms with E-state index in [-0.39, 0.29) is 5.41 Å². The third-order valence-corrected chi connectivity index (χ3v) is 3.58. The highest BCUT2D eigenvalue weighted by Crippen LogP contribution is 2.32. The lowest BCUT2D eigenvalue weighted by atomic mass is 9.79. The fraction of sp³-hybridized carbons (Fsp3) is 0.450. The summed E-state index contributed by atoms with van der Waals surface area (Å²) in [6, 6.07) is 0. The van der Waals surface area contributed by atoms with Crippen LogP contribution in [0.15, 0.2) is 59.3 Å². The van der Waals surface area contributed by atoms with Crippen molar-refractivity contribution in [3.05, 3.63) is 59.3 Å². The molecule has 0 aromatic heterocycles. The maximum atomic E-state index is 10.7. The first-order chi connectivity index (χ1) is 10.2. The average Bonchev–Trinajstić information content (AvgIpc) is 2.37. The van der Waals surface area contributed by atoms with Crippen molar-refractivity contribution in [1.82, 2.24) is 0 Å². The average molecular weight is 301 g/mol. The van der Waals surface area contributed by atoms with Gasteiger partial charge in [-0.3, -0.25) is 4.79 Å². The Balaban J connectivity index is 4.89. The van der Waals surface area contributed by atoms with Crippen molar-refractivity contribution in [2.45, 2.75) is 54.4 Å². The SMILES string of the molecule is C\C=C(/C=C/C(C)=C/C=C/C(C)=C/C(N)=O)C(C)(C)CCC. The van der Waals surface area contributed by atoms with Gasteiger partial charge in [0.1, 0.15) is 0 Å². The molecule has 0 unspecified atom stereocenters. The van der Waals surface area contributed by atoms with Crippen LogP contribution in [0.4, 0.5) is 0 Å². The summed E-state index contributed by atoms with van der Waals surface area (Å²) in [5.41, 5.74) is 8.67. The van der Waals surface area contributed by atoms with E-state index in [2.05, 4.69) is 52.8 Å². The normalized spacial score (nSPS) is 15.1.